The van der Waals surface area contributed by atoms with Gasteiger partial charge >= 0.3 is 5.97 Å². The van der Waals surface area contributed by atoms with E-state index < -0.39 is 5.97 Å². The lowest BCUT2D eigenvalue weighted by Crippen LogP contribution is -1.97. The van der Waals surface area contributed by atoms with E-state index in [1.165, 1.54) is 12.1 Å². The van der Waals surface area contributed by atoms with E-state index in [0.29, 0.717) is 11.3 Å². The lowest BCUT2D eigenvalue weighted by atomic mass is 10.3. The number of carbonyl (C=O) groups is 1. The number of nitrogens with zero attached hydrogens (tertiary/aromatic N) is 2. The highest BCUT2D eigenvalue weighted by Gasteiger charge is 2.14. The van der Waals surface area contributed by atoms with Crippen molar-refractivity contribution in [1.29, 1.82) is 0 Å². The number of aromatic hydroxyl groups is 1. The summed E-state index contributed by atoms with van der Waals surface area (Å²) < 4.78 is 1.61. The maximum atomic E-state index is 10.8. The van der Waals surface area contributed by atoms with Crippen LogP contribution in [0.15, 0.2) is 18.3 Å². The quantitative estimate of drug-likeness (QED) is 0.708. The van der Waals surface area contributed by atoms with Crippen molar-refractivity contribution in [2.75, 3.05) is 0 Å². The molecule has 2 aromatic heterocycles. The predicted octanol–water partition coefficient (Wildman–Crippen LogP) is 1.05. The molecule has 5 heteroatoms. The summed E-state index contributed by atoms with van der Waals surface area (Å²) in [6.07, 6.45) is 1.58. The fourth-order valence-corrected chi connectivity index (χ4v) is 1.38. The number of imidazole rings is 1. The molecular weight excluding hydrogens is 184 g/mol. The number of hydrogen-bond acceptors (Lipinski definition) is 3. The van der Waals surface area contributed by atoms with Crippen LogP contribution >= 0.6 is 0 Å². The van der Waals surface area contributed by atoms with E-state index in [1.54, 1.807) is 17.5 Å². The molecule has 72 valence electrons. The zero-order valence-electron chi connectivity index (χ0n) is 7.43. The number of fused-ring (bicyclic) bond motifs is 1. The third kappa shape index (κ3) is 1.10. The minimum atomic E-state index is -1.10. The van der Waals surface area contributed by atoms with E-state index in [4.69, 9.17) is 5.11 Å². The first kappa shape index (κ1) is 8.55. The van der Waals surface area contributed by atoms with E-state index in [9.17, 15) is 9.90 Å². The van der Waals surface area contributed by atoms with E-state index in [1.807, 2.05) is 0 Å². The zero-order valence-corrected chi connectivity index (χ0v) is 7.43. The molecule has 0 fully saturated rings. The third-order valence-corrected chi connectivity index (χ3v) is 2.01. The van der Waals surface area contributed by atoms with Crippen LogP contribution in [0.1, 0.15) is 16.3 Å². The molecule has 2 N–H and O–H groups in total. The molecule has 0 aliphatic carbocycles. The Morgan fingerprint density at radius 1 is 1.57 bits per heavy atom. The Kier molecular flexibility index (Phi) is 1.67. The number of aromatic carboxylic acids is 1. The highest BCUT2D eigenvalue weighted by Crippen LogP contribution is 2.18. The summed E-state index contributed by atoms with van der Waals surface area (Å²) in [5.74, 6) is -0.487. The molecule has 0 bridgehead atoms. The smallest absolute Gasteiger partial charge is 0.356 e. The summed E-state index contributed by atoms with van der Waals surface area (Å²) in [5, 5.41) is 18.0. The predicted molar refractivity (Wildman–Crippen MR) is 48.6 cm³/mol. The molecule has 0 amide bonds. The van der Waals surface area contributed by atoms with Crippen LogP contribution < -0.4 is 0 Å². The molecule has 0 aromatic carbocycles. The number of pyridine rings is 1. The van der Waals surface area contributed by atoms with Crippen molar-refractivity contribution in [3.8, 4) is 5.75 Å². The summed E-state index contributed by atoms with van der Waals surface area (Å²) in [7, 11) is 0. The molecule has 0 saturated carbocycles. The van der Waals surface area contributed by atoms with Crippen molar-refractivity contribution in [2.45, 2.75) is 6.92 Å². The second-order valence-corrected chi connectivity index (χ2v) is 2.95. The van der Waals surface area contributed by atoms with Gasteiger partial charge in [0.25, 0.3) is 0 Å². The van der Waals surface area contributed by atoms with Crippen LogP contribution in [-0.4, -0.2) is 25.6 Å². The van der Waals surface area contributed by atoms with Gasteiger partial charge in [0, 0.05) is 12.3 Å². The molecule has 0 unspecified atom stereocenters. The number of aromatic nitrogens is 2. The second kappa shape index (κ2) is 2.73. The number of carboxylic acids is 1. The Hall–Kier alpha value is -2.04. The maximum Gasteiger partial charge on any atom is 0.356 e. The Morgan fingerprint density at radius 2 is 2.29 bits per heavy atom. The molecule has 0 aliphatic rings. The van der Waals surface area contributed by atoms with Crippen LogP contribution in [0.2, 0.25) is 0 Å². The molecule has 2 rings (SSSR count). The van der Waals surface area contributed by atoms with Gasteiger partial charge in [-0.2, -0.15) is 0 Å². The highest BCUT2D eigenvalue weighted by molar-refractivity contribution is 5.93. The van der Waals surface area contributed by atoms with Gasteiger partial charge in [-0.15, -0.1) is 0 Å². The van der Waals surface area contributed by atoms with Crippen LogP contribution in [0.4, 0.5) is 0 Å². The normalized spacial score (nSPS) is 10.6. The average molecular weight is 192 g/mol. The van der Waals surface area contributed by atoms with Gasteiger partial charge in [-0.25, -0.2) is 9.78 Å². The average Bonchev–Trinajstić information content (AvgIpc) is 2.43. The van der Waals surface area contributed by atoms with Gasteiger partial charge in [0.2, 0.25) is 0 Å². The molecule has 2 heterocycles. The van der Waals surface area contributed by atoms with Gasteiger partial charge in [-0.3, -0.25) is 0 Å². The molecular formula is C9H8N2O3. The first-order valence-electron chi connectivity index (χ1n) is 4.00. The number of carboxylic acid groups (broad SMARTS) is 1. The van der Waals surface area contributed by atoms with Crippen LogP contribution in [0.25, 0.3) is 5.52 Å². The van der Waals surface area contributed by atoms with Gasteiger partial charge in [0.05, 0.1) is 5.52 Å². The molecule has 14 heavy (non-hydrogen) atoms. The second-order valence-electron chi connectivity index (χ2n) is 2.95. The summed E-state index contributed by atoms with van der Waals surface area (Å²) >= 11 is 0. The number of hydrogen-bond donors (Lipinski definition) is 2. The summed E-state index contributed by atoms with van der Waals surface area (Å²) in [6, 6.07) is 2.86. The molecule has 0 spiro atoms. The maximum absolute atomic E-state index is 10.8. The minimum absolute atomic E-state index is 0.0277. The first-order chi connectivity index (χ1) is 6.59. The van der Waals surface area contributed by atoms with Crippen molar-refractivity contribution in [2.24, 2.45) is 0 Å². The molecule has 2 aromatic rings. The van der Waals surface area contributed by atoms with Gasteiger partial charge in [0.15, 0.2) is 5.69 Å². The Bertz CT molecular complexity index is 516. The van der Waals surface area contributed by atoms with E-state index in [2.05, 4.69) is 4.98 Å². The molecule has 0 aliphatic heterocycles. The molecule has 0 radical (unpaired) electrons. The highest BCUT2D eigenvalue weighted by atomic mass is 16.4. The van der Waals surface area contributed by atoms with Crippen molar-refractivity contribution in [3.05, 3.63) is 29.8 Å². The summed E-state index contributed by atoms with van der Waals surface area (Å²) in [5.41, 5.74) is 0.355. The van der Waals surface area contributed by atoms with Crippen molar-refractivity contribution in [3.63, 3.8) is 0 Å². The van der Waals surface area contributed by atoms with Crippen LogP contribution in [-0.2, 0) is 0 Å². The Labute approximate surface area is 79.2 Å². The van der Waals surface area contributed by atoms with E-state index >= 15 is 0 Å². The summed E-state index contributed by atoms with van der Waals surface area (Å²) in [6.45, 7) is 1.70. The molecule has 0 atom stereocenters. The lowest BCUT2D eigenvalue weighted by molar-refractivity contribution is 0.0693. The summed E-state index contributed by atoms with van der Waals surface area (Å²) in [4.78, 5) is 14.7. The zero-order chi connectivity index (χ0) is 10.3. The first-order valence-corrected chi connectivity index (χ1v) is 4.00. The standard InChI is InChI=1S/C9H8N2O3/c1-5-10-8(9(13)14)7-4-6(12)2-3-11(5)7/h2-4,12H,1H3,(H,13,14). The van der Waals surface area contributed by atoms with Gasteiger partial charge < -0.3 is 14.6 Å². The van der Waals surface area contributed by atoms with Crippen molar-refractivity contribution in [1.82, 2.24) is 9.38 Å². The van der Waals surface area contributed by atoms with Crippen LogP contribution in [0.5, 0.6) is 5.75 Å². The van der Waals surface area contributed by atoms with Crippen LogP contribution in [0, 0.1) is 6.92 Å². The number of aryl methyl sites for hydroxylation is 1. The van der Waals surface area contributed by atoms with Gasteiger partial charge in [0.1, 0.15) is 11.6 Å². The monoisotopic (exact) mass is 192 g/mol. The minimum Gasteiger partial charge on any atom is -0.508 e. The fraction of sp³-hybridized carbons (Fsp3) is 0.111. The van der Waals surface area contributed by atoms with Crippen LogP contribution in [0.3, 0.4) is 0 Å². The lowest BCUT2D eigenvalue weighted by Gasteiger charge is -1.96. The Morgan fingerprint density at radius 3 is 2.93 bits per heavy atom. The Balaban J connectivity index is 2.85. The topological polar surface area (TPSA) is 74.8 Å². The molecule has 5 nitrogen and oxygen atoms in total. The fourth-order valence-electron chi connectivity index (χ4n) is 1.38. The van der Waals surface area contributed by atoms with Crippen molar-refractivity contribution < 1.29 is 15.0 Å². The van der Waals surface area contributed by atoms with E-state index in [-0.39, 0.29) is 11.4 Å². The van der Waals surface area contributed by atoms with Crippen molar-refractivity contribution >= 4 is 11.5 Å². The van der Waals surface area contributed by atoms with Gasteiger partial charge in [-0.1, -0.05) is 0 Å². The van der Waals surface area contributed by atoms with E-state index in [0.717, 1.165) is 0 Å². The third-order valence-electron chi connectivity index (χ3n) is 2.01. The van der Waals surface area contributed by atoms with Gasteiger partial charge in [-0.05, 0) is 13.0 Å². The molecule has 0 saturated heterocycles. The largest absolute Gasteiger partial charge is 0.508 e. The SMILES string of the molecule is Cc1nc(C(=O)O)c2cc(O)ccn12. The number of rotatable bonds is 1.